The number of anilines is 1. The molecule has 4 heterocycles. The van der Waals surface area contributed by atoms with Gasteiger partial charge in [-0.25, -0.2) is 9.97 Å². The van der Waals surface area contributed by atoms with Crippen LogP contribution >= 0.6 is 11.3 Å². The summed E-state index contributed by atoms with van der Waals surface area (Å²) >= 11 is 1.73. The summed E-state index contributed by atoms with van der Waals surface area (Å²) in [6.07, 6.45) is 4.14. The molecule has 0 atom stereocenters. The molecule has 29 heavy (non-hydrogen) atoms. The summed E-state index contributed by atoms with van der Waals surface area (Å²) in [6, 6.07) is 12.7. The molecule has 1 amide bonds. The van der Waals surface area contributed by atoms with Gasteiger partial charge in [0.25, 0.3) is 0 Å². The predicted octanol–water partition coefficient (Wildman–Crippen LogP) is 4.51. The number of benzene rings is 1. The van der Waals surface area contributed by atoms with Crippen molar-refractivity contribution in [3.8, 4) is 10.4 Å². The first-order valence-electron chi connectivity index (χ1n) is 10.6. The fraction of sp³-hybridized carbons (Fsp3) is 0.435. The minimum atomic E-state index is 0.171. The van der Waals surface area contributed by atoms with Gasteiger partial charge in [0.15, 0.2) is 0 Å². The number of nitrogens with zero attached hydrogens (tertiary/aromatic N) is 4. The number of aromatic nitrogens is 2. The van der Waals surface area contributed by atoms with E-state index in [0.717, 1.165) is 73.7 Å². The lowest BCUT2D eigenvalue weighted by Gasteiger charge is -2.34. The molecule has 2 fully saturated rings. The second-order valence-electron chi connectivity index (χ2n) is 8.08. The van der Waals surface area contributed by atoms with Gasteiger partial charge in [0.2, 0.25) is 5.91 Å². The average molecular weight is 407 g/mol. The van der Waals surface area contributed by atoms with Gasteiger partial charge in [-0.3, -0.25) is 4.79 Å². The summed E-state index contributed by atoms with van der Waals surface area (Å²) in [4.78, 5) is 28.9. The standard InChI is InChI=1S/C23H26N4OS/c1-16-24-21(19-15-20(29-22(19)25-16)17-7-3-2-4-8-17)26-13-9-18(10-14-26)23(28)27-11-5-6-12-27/h2-4,7-8,15,18H,5-6,9-14H2,1H3. The Morgan fingerprint density at radius 3 is 2.48 bits per heavy atom. The van der Waals surface area contributed by atoms with Gasteiger partial charge in [-0.1, -0.05) is 30.3 Å². The summed E-state index contributed by atoms with van der Waals surface area (Å²) in [5, 5.41) is 1.13. The number of piperidine rings is 1. The van der Waals surface area contributed by atoms with Gasteiger partial charge < -0.3 is 9.80 Å². The maximum Gasteiger partial charge on any atom is 0.225 e. The van der Waals surface area contributed by atoms with E-state index in [9.17, 15) is 4.79 Å². The van der Waals surface area contributed by atoms with E-state index in [-0.39, 0.29) is 5.92 Å². The lowest BCUT2D eigenvalue weighted by molar-refractivity contribution is -0.135. The molecule has 5 rings (SSSR count). The molecule has 0 aliphatic carbocycles. The second-order valence-corrected chi connectivity index (χ2v) is 9.11. The minimum Gasteiger partial charge on any atom is -0.356 e. The lowest BCUT2D eigenvalue weighted by Crippen LogP contribution is -2.42. The Balaban J connectivity index is 1.39. The summed E-state index contributed by atoms with van der Waals surface area (Å²) in [7, 11) is 0. The monoisotopic (exact) mass is 406 g/mol. The van der Waals surface area contributed by atoms with Crippen LogP contribution in [0.3, 0.4) is 0 Å². The van der Waals surface area contributed by atoms with Crippen LogP contribution in [0.2, 0.25) is 0 Å². The molecule has 0 spiro atoms. The summed E-state index contributed by atoms with van der Waals surface area (Å²) in [5.74, 6) is 2.38. The highest BCUT2D eigenvalue weighted by Gasteiger charge is 2.31. The molecular weight excluding hydrogens is 380 g/mol. The largest absolute Gasteiger partial charge is 0.356 e. The molecule has 1 aromatic carbocycles. The van der Waals surface area contributed by atoms with Crippen molar-refractivity contribution >= 4 is 33.3 Å². The minimum absolute atomic E-state index is 0.171. The van der Waals surface area contributed by atoms with Crippen molar-refractivity contribution in [3.63, 3.8) is 0 Å². The number of fused-ring (bicyclic) bond motifs is 1. The van der Waals surface area contributed by atoms with Gasteiger partial charge in [0.1, 0.15) is 16.5 Å². The predicted molar refractivity (Wildman–Crippen MR) is 118 cm³/mol. The first-order chi connectivity index (χ1) is 14.2. The highest BCUT2D eigenvalue weighted by atomic mass is 32.1. The van der Waals surface area contributed by atoms with Gasteiger partial charge in [0.05, 0.1) is 5.39 Å². The van der Waals surface area contributed by atoms with Crippen molar-refractivity contribution in [2.75, 3.05) is 31.1 Å². The quantitative estimate of drug-likeness (QED) is 0.642. The van der Waals surface area contributed by atoms with Gasteiger partial charge in [0, 0.05) is 37.0 Å². The number of likely N-dealkylation sites (tertiary alicyclic amines) is 1. The van der Waals surface area contributed by atoms with Crippen LogP contribution in [0.1, 0.15) is 31.5 Å². The molecule has 150 valence electrons. The zero-order chi connectivity index (χ0) is 19.8. The Morgan fingerprint density at radius 1 is 1.03 bits per heavy atom. The van der Waals surface area contributed by atoms with Crippen LogP contribution in [0.25, 0.3) is 20.7 Å². The molecule has 0 saturated carbocycles. The normalized spacial score (nSPS) is 18.0. The van der Waals surface area contributed by atoms with E-state index in [4.69, 9.17) is 9.97 Å². The average Bonchev–Trinajstić information content (AvgIpc) is 3.43. The molecule has 3 aromatic rings. The Hall–Kier alpha value is -2.47. The van der Waals surface area contributed by atoms with Crippen LogP contribution in [0.15, 0.2) is 36.4 Å². The molecule has 6 heteroatoms. The number of carbonyl (C=O) groups excluding carboxylic acids is 1. The molecule has 0 bridgehead atoms. The van der Waals surface area contributed by atoms with E-state index < -0.39 is 0 Å². The third kappa shape index (κ3) is 3.62. The Labute approximate surface area is 175 Å². The molecule has 2 aromatic heterocycles. The molecule has 0 N–H and O–H groups in total. The summed E-state index contributed by atoms with van der Waals surface area (Å²) < 4.78 is 0. The molecule has 5 nitrogen and oxygen atoms in total. The third-order valence-corrected chi connectivity index (χ3v) is 7.18. The Morgan fingerprint density at radius 2 is 1.76 bits per heavy atom. The highest BCUT2D eigenvalue weighted by Crippen LogP contribution is 2.37. The first-order valence-corrected chi connectivity index (χ1v) is 11.4. The van der Waals surface area contributed by atoms with Crippen molar-refractivity contribution < 1.29 is 4.79 Å². The van der Waals surface area contributed by atoms with Crippen LogP contribution in [-0.4, -0.2) is 47.0 Å². The smallest absolute Gasteiger partial charge is 0.225 e. The van der Waals surface area contributed by atoms with Crippen molar-refractivity contribution in [3.05, 3.63) is 42.2 Å². The number of aryl methyl sites for hydroxylation is 1. The van der Waals surface area contributed by atoms with Crippen molar-refractivity contribution in [1.82, 2.24) is 14.9 Å². The van der Waals surface area contributed by atoms with Gasteiger partial charge in [-0.15, -0.1) is 11.3 Å². The van der Waals surface area contributed by atoms with Crippen molar-refractivity contribution in [2.24, 2.45) is 5.92 Å². The lowest BCUT2D eigenvalue weighted by atomic mass is 9.95. The van der Waals surface area contributed by atoms with Crippen LogP contribution in [0, 0.1) is 12.8 Å². The van der Waals surface area contributed by atoms with Crippen molar-refractivity contribution in [1.29, 1.82) is 0 Å². The molecule has 0 unspecified atom stereocenters. The molecule has 2 aliphatic rings. The number of amides is 1. The molecular formula is C23H26N4OS. The number of hydrogen-bond donors (Lipinski definition) is 0. The van der Waals surface area contributed by atoms with Gasteiger partial charge in [-0.05, 0) is 44.2 Å². The van der Waals surface area contributed by atoms with Crippen LogP contribution in [0.5, 0.6) is 0 Å². The van der Waals surface area contributed by atoms with Crippen LogP contribution in [-0.2, 0) is 4.79 Å². The molecule has 2 aliphatic heterocycles. The van der Waals surface area contributed by atoms with E-state index in [1.54, 1.807) is 11.3 Å². The van der Waals surface area contributed by atoms with Crippen LogP contribution in [0.4, 0.5) is 5.82 Å². The fourth-order valence-electron chi connectivity index (χ4n) is 4.53. The number of rotatable bonds is 3. The third-order valence-electron chi connectivity index (χ3n) is 6.10. The Bertz CT molecular complexity index is 1020. The van der Waals surface area contributed by atoms with E-state index >= 15 is 0 Å². The van der Waals surface area contributed by atoms with Gasteiger partial charge >= 0.3 is 0 Å². The fourth-order valence-corrected chi connectivity index (χ4v) is 5.61. The van der Waals surface area contributed by atoms with E-state index in [1.807, 2.05) is 13.0 Å². The SMILES string of the molecule is Cc1nc(N2CCC(C(=O)N3CCCC3)CC2)c2cc(-c3ccccc3)sc2n1. The maximum atomic E-state index is 12.8. The van der Waals surface area contributed by atoms with E-state index in [0.29, 0.717) is 5.91 Å². The Kier molecular flexibility index (Phi) is 4.96. The van der Waals surface area contributed by atoms with E-state index in [2.05, 4.69) is 40.1 Å². The zero-order valence-corrected chi connectivity index (χ0v) is 17.6. The first kappa shape index (κ1) is 18.6. The highest BCUT2D eigenvalue weighted by molar-refractivity contribution is 7.21. The number of carbonyl (C=O) groups is 1. The number of thiophene rings is 1. The van der Waals surface area contributed by atoms with E-state index in [1.165, 1.54) is 10.4 Å². The molecule has 0 radical (unpaired) electrons. The maximum absolute atomic E-state index is 12.8. The zero-order valence-electron chi connectivity index (χ0n) is 16.8. The van der Waals surface area contributed by atoms with Crippen molar-refractivity contribution in [2.45, 2.75) is 32.6 Å². The second kappa shape index (κ2) is 7.75. The number of hydrogen-bond acceptors (Lipinski definition) is 5. The molecule has 2 saturated heterocycles. The van der Waals surface area contributed by atoms with Gasteiger partial charge in [-0.2, -0.15) is 0 Å². The van der Waals surface area contributed by atoms with Crippen LogP contribution < -0.4 is 4.90 Å². The summed E-state index contributed by atoms with van der Waals surface area (Å²) in [5.41, 5.74) is 1.22. The summed E-state index contributed by atoms with van der Waals surface area (Å²) in [6.45, 7) is 5.62. The topological polar surface area (TPSA) is 49.3 Å².